The number of amides is 1. The van der Waals surface area contributed by atoms with E-state index in [1.165, 1.54) is 0 Å². The highest BCUT2D eigenvalue weighted by molar-refractivity contribution is 6.00. The molecule has 2 aromatic rings. The normalized spacial score (nSPS) is 12.1. The van der Waals surface area contributed by atoms with Crippen LogP contribution in [-0.4, -0.2) is 23.0 Å². The molecular weight excluding hydrogens is 298 g/mol. The van der Waals surface area contributed by atoms with Gasteiger partial charge in [-0.05, 0) is 25.0 Å². The molecule has 0 fully saturated rings. The standard InChI is InChI=1S/C17H19NO5/c1-3-4-8-12(16(20)21)18-15(19)14-10(2)11-7-5-6-9-13(11)23-17(14)22/h5-7,9,12H,3-4,8H2,1-2H3,(H,18,19)(H,20,21)/t12-/m0/s1. The van der Waals surface area contributed by atoms with Crippen molar-refractivity contribution in [1.82, 2.24) is 5.32 Å². The second-order valence-corrected chi connectivity index (χ2v) is 5.39. The van der Waals surface area contributed by atoms with E-state index >= 15 is 0 Å². The fourth-order valence-electron chi connectivity index (χ4n) is 2.46. The molecule has 122 valence electrons. The number of aryl methyl sites for hydroxylation is 1. The van der Waals surface area contributed by atoms with E-state index in [1.807, 2.05) is 6.92 Å². The van der Waals surface area contributed by atoms with Crippen LogP contribution in [0, 0.1) is 6.92 Å². The van der Waals surface area contributed by atoms with Crippen LogP contribution in [0.3, 0.4) is 0 Å². The summed E-state index contributed by atoms with van der Waals surface area (Å²) in [6, 6.07) is 5.88. The number of carboxylic acids is 1. The maximum Gasteiger partial charge on any atom is 0.349 e. The van der Waals surface area contributed by atoms with Crippen LogP contribution in [0.5, 0.6) is 0 Å². The average molecular weight is 317 g/mol. The fourth-order valence-corrected chi connectivity index (χ4v) is 2.46. The van der Waals surface area contributed by atoms with Crippen LogP contribution in [0.25, 0.3) is 11.0 Å². The first kappa shape index (κ1) is 16.7. The number of benzene rings is 1. The largest absolute Gasteiger partial charge is 0.480 e. The zero-order valence-electron chi connectivity index (χ0n) is 13.1. The number of para-hydroxylation sites is 1. The van der Waals surface area contributed by atoms with Gasteiger partial charge in [0.05, 0.1) is 0 Å². The Morgan fingerprint density at radius 3 is 2.65 bits per heavy atom. The van der Waals surface area contributed by atoms with E-state index < -0.39 is 23.5 Å². The summed E-state index contributed by atoms with van der Waals surface area (Å²) in [4.78, 5) is 35.7. The number of hydrogen-bond donors (Lipinski definition) is 2. The molecule has 2 N–H and O–H groups in total. The molecule has 23 heavy (non-hydrogen) atoms. The zero-order valence-corrected chi connectivity index (χ0v) is 13.1. The molecule has 2 rings (SSSR count). The number of carbonyl (C=O) groups is 2. The van der Waals surface area contributed by atoms with Crippen molar-refractivity contribution in [3.63, 3.8) is 0 Å². The Kier molecular flexibility index (Phi) is 5.16. The highest BCUT2D eigenvalue weighted by Crippen LogP contribution is 2.19. The number of hydrogen-bond acceptors (Lipinski definition) is 4. The van der Waals surface area contributed by atoms with Crippen LogP contribution in [0.4, 0.5) is 0 Å². The third-order valence-electron chi connectivity index (χ3n) is 3.75. The van der Waals surface area contributed by atoms with Crippen LogP contribution >= 0.6 is 0 Å². The Morgan fingerprint density at radius 2 is 2.00 bits per heavy atom. The summed E-state index contributed by atoms with van der Waals surface area (Å²) >= 11 is 0. The van der Waals surface area contributed by atoms with Crippen molar-refractivity contribution in [2.45, 2.75) is 39.2 Å². The SMILES string of the molecule is CCCC[C@H](NC(=O)c1c(C)c2ccccc2oc1=O)C(=O)O. The van der Waals surface area contributed by atoms with Gasteiger partial charge in [-0.3, -0.25) is 4.79 Å². The van der Waals surface area contributed by atoms with Gasteiger partial charge in [-0.2, -0.15) is 0 Å². The van der Waals surface area contributed by atoms with Crippen LogP contribution in [-0.2, 0) is 4.79 Å². The lowest BCUT2D eigenvalue weighted by atomic mass is 10.0. The minimum absolute atomic E-state index is 0.147. The van der Waals surface area contributed by atoms with Gasteiger partial charge in [0.25, 0.3) is 5.91 Å². The summed E-state index contributed by atoms with van der Waals surface area (Å²) in [5.41, 5.74) is -0.0360. The number of carboxylic acid groups (broad SMARTS) is 1. The van der Waals surface area contributed by atoms with Crippen LogP contribution in [0.15, 0.2) is 33.5 Å². The molecule has 0 aliphatic rings. The summed E-state index contributed by atoms with van der Waals surface area (Å²) in [6.45, 7) is 3.58. The van der Waals surface area contributed by atoms with Crippen molar-refractivity contribution in [2.75, 3.05) is 0 Å². The molecular formula is C17H19NO5. The molecule has 0 aliphatic carbocycles. The molecule has 1 aromatic carbocycles. The van der Waals surface area contributed by atoms with Gasteiger partial charge >= 0.3 is 11.6 Å². The van der Waals surface area contributed by atoms with Crippen molar-refractivity contribution in [1.29, 1.82) is 0 Å². The molecule has 0 aliphatic heterocycles. The molecule has 6 nitrogen and oxygen atoms in total. The van der Waals surface area contributed by atoms with Crippen LogP contribution in [0.1, 0.15) is 42.1 Å². The van der Waals surface area contributed by atoms with Crippen molar-refractivity contribution in [3.8, 4) is 0 Å². The first-order valence-electron chi connectivity index (χ1n) is 7.51. The first-order valence-corrected chi connectivity index (χ1v) is 7.51. The molecule has 1 amide bonds. The number of carbonyl (C=O) groups excluding carboxylic acids is 1. The average Bonchev–Trinajstić information content (AvgIpc) is 2.51. The lowest BCUT2D eigenvalue weighted by Gasteiger charge is -2.15. The van der Waals surface area contributed by atoms with E-state index in [9.17, 15) is 19.5 Å². The van der Waals surface area contributed by atoms with E-state index in [0.717, 1.165) is 6.42 Å². The second kappa shape index (κ2) is 7.09. The van der Waals surface area contributed by atoms with Gasteiger partial charge in [0.2, 0.25) is 0 Å². The van der Waals surface area contributed by atoms with Crippen molar-refractivity contribution in [2.24, 2.45) is 0 Å². The zero-order chi connectivity index (χ0) is 17.0. The van der Waals surface area contributed by atoms with E-state index in [1.54, 1.807) is 31.2 Å². The molecule has 6 heteroatoms. The molecule has 1 atom stereocenters. The summed E-state index contributed by atoms with van der Waals surface area (Å²) < 4.78 is 5.15. The predicted octanol–water partition coefficient (Wildman–Crippen LogP) is 2.47. The van der Waals surface area contributed by atoms with Crippen molar-refractivity contribution in [3.05, 3.63) is 45.8 Å². The third-order valence-corrected chi connectivity index (χ3v) is 3.75. The Bertz CT molecular complexity index is 793. The van der Waals surface area contributed by atoms with Gasteiger partial charge in [0.15, 0.2) is 0 Å². The molecule has 0 spiro atoms. The maximum atomic E-state index is 12.4. The topological polar surface area (TPSA) is 96.6 Å². The lowest BCUT2D eigenvalue weighted by Crippen LogP contribution is -2.42. The quantitative estimate of drug-likeness (QED) is 0.798. The highest BCUT2D eigenvalue weighted by atomic mass is 16.4. The Labute approximate surface area is 133 Å². The van der Waals surface area contributed by atoms with Gasteiger partial charge in [-0.1, -0.05) is 38.0 Å². The molecule has 0 saturated heterocycles. The minimum atomic E-state index is -1.12. The van der Waals surface area contributed by atoms with E-state index in [-0.39, 0.29) is 5.56 Å². The molecule has 0 bridgehead atoms. The Balaban J connectivity index is 2.37. The lowest BCUT2D eigenvalue weighted by molar-refractivity contribution is -0.139. The monoisotopic (exact) mass is 317 g/mol. The molecule has 1 heterocycles. The smallest absolute Gasteiger partial charge is 0.349 e. The van der Waals surface area contributed by atoms with Crippen LogP contribution in [0.2, 0.25) is 0 Å². The number of aliphatic carboxylic acids is 1. The molecule has 0 radical (unpaired) electrons. The van der Waals surface area contributed by atoms with Gasteiger partial charge in [-0.15, -0.1) is 0 Å². The summed E-state index contributed by atoms with van der Waals surface area (Å²) in [5.74, 6) is -1.83. The number of unbranched alkanes of at least 4 members (excludes halogenated alkanes) is 1. The summed E-state index contributed by atoms with van der Waals surface area (Å²) in [7, 11) is 0. The van der Waals surface area contributed by atoms with Crippen LogP contribution < -0.4 is 10.9 Å². The molecule has 0 saturated carbocycles. The summed E-state index contributed by atoms with van der Waals surface area (Å²) in [5, 5.41) is 12.3. The van der Waals surface area contributed by atoms with E-state index in [4.69, 9.17) is 4.42 Å². The van der Waals surface area contributed by atoms with E-state index in [0.29, 0.717) is 29.4 Å². The highest BCUT2D eigenvalue weighted by Gasteiger charge is 2.24. The first-order chi connectivity index (χ1) is 11.0. The predicted molar refractivity (Wildman–Crippen MR) is 85.6 cm³/mol. The van der Waals surface area contributed by atoms with E-state index in [2.05, 4.69) is 5.32 Å². The van der Waals surface area contributed by atoms with Gasteiger partial charge in [0, 0.05) is 5.39 Å². The molecule has 1 aromatic heterocycles. The minimum Gasteiger partial charge on any atom is -0.480 e. The van der Waals surface area contributed by atoms with Crippen molar-refractivity contribution >= 4 is 22.8 Å². The number of rotatable bonds is 6. The van der Waals surface area contributed by atoms with Crippen molar-refractivity contribution < 1.29 is 19.1 Å². The Hall–Kier alpha value is -2.63. The fraction of sp³-hybridized carbons (Fsp3) is 0.353. The third kappa shape index (κ3) is 3.59. The second-order valence-electron chi connectivity index (χ2n) is 5.39. The number of fused-ring (bicyclic) bond motifs is 1. The maximum absolute atomic E-state index is 12.4. The van der Waals surface area contributed by atoms with Gasteiger partial charge in [0.1, 0.15) is 17.2 Å². The molecule has 0 unspecified atom stereocenters. The summed E-state index contributed by atoms with van der Waals surface area (Å²) in [6.07, 6.45) is 1.80. The van der Waals surface area contributed by atoms with Gasteiger partial charge < -0.3 is 14.8 Å². The Morgan fingerprint density at radius 1 is 1.30 bits per heavy atom. The van der Waals surface area contributed by atoms with Gasteiger partial charge in [-0.25, -0.2) is 9.59 Å². The number of nitrogens with one attached hydrogen (secondary N) is 1.